The predicted molar refractivity (Wildman–Crippen MR) is 92.3 cm³/mol. The summed E-state index contributed by atoms with van der Waals surface area (Å²) in [5, 5.41) is 3.22. The molecular formula is C17H27N3O3S. The van der Waals surface area contributed by atoms with Crippen LogP contribution in [0.15, 0.2) is 11.6 Å². The van der Waals surface area contributed by atoms with E-state index >= 15 is 0 Å². The van der Waals surface area contributed by atoms with Gasteiger partial charge in [0.2, 0.25) is 0 Å². The van der Waals surface area contributed by atoms with Crippen molar-refractivity contribution >= 4 is 11.3 Å². The van der Waals surface area contributed by atoms with Crippen molar-refractivity contribution in [3.05, 3.63) is 16.6 Å². The molecule has 1 spiro atoms. The molecule has 0 amide bonds. The van der Waals surface area contributed by atoms with Crippen LogP contribution in [0, 0.1) is 0 Å². The fourth-order valence-electron chi connectivity index (χ4n) is 3.96. The number of hydrogen-bond acceptors (Lipinski definition) is 7. The van der Waals surface area contributed by atoms with Crippen molar-refractivity contribution in [2.24, 2.45) is 0 Å². The molecule has 0 bridgehead atoms. The Kier molecular flexibility index (Phi) is 5.46. The SMILES string of the molecule is c1csc(CN2CCOC[C@]3(CC[C@@H](CN4CCOCC4)O3)C2)n1. The third kappa shape index (κ3) is 4.15. The Balaban J connectivity index is 1.34. The third-order valence-corrected chi connectivity index (χ3v) is 5.94. The van der Waals surface area contributed by atoms with Crippen LogP contribution in [0.3, 0.4) is 0 Å². The van der Waals surface area contributed by atoms with Crippen LogP contribution in [0.1, 0.15) is 17.8 Å². The molecule has 0 radical (unpaired) electrons. The highest BCUT2D eigenvalue weighted by Crippen LogP contribution is 2.34. The molecule has 3 aliphatic heterocycles. The molecule has 4 rings (SSSR count). The van der Waals surface area contributed by atoms with Gasteiger partial charge < -0.3 is 14.2 Å². The first-order valence-electron chi connectivity index (χ1n) is 8.98. The van der Waals surface area contributed by atoms with E-state index in [0.29, 0.717) is 6.10 Å². The molecule has 7 heteroatoms. The average Bonchev–Trinajstić information content (AvgIpc) is 3.18. The summed E-state index contributed by atoms with van der Waals surface area (Å²) >= 11 is 1.73. The van der Waals surface area contributed by atoms with Gasteiger partial charge in [0.15, 0.2) is 0 Å². The molecule has 0 N–H and O–H groups in total. The van der Waals surface area contributed by atoms with E-state index in [0.717, 1.165) is 78.5 Å². The highest BCUT2D eigenvalue weighted by Gasteiger charge is 2.43. The van der Waals surface area contributed by atoms with Gasteiger partial charge in [-0.25, -0.2) is 4.98 Å². The number of thiazole rings is 1. The highest BCUT2D eigenvalue weighted by atomic mass is 32.1. The third-order valence-electron chi connectivity index (χ3n) is 5.18. The Morgan fingerprint density at radius 2 is 2.00 bits per heavy atom. The molecule has 134 valence electrons. The zero-order chi connectivity index (χ0) is 16.2. The number of aromatic nitrogens is 1. The first kappa shape index (κ1) is 16.9. The molecule has 0 unspecified atom stereocenters. The van der Waals surface area contributed by atoms with E-state index in [2.05, 4.69) is 14.8 Å². The molecule has 3 aliphatic rings. The van der Waals surface area contributed by atoms with Gasteiger partial charge in [0.05, 0.1) is 39.1 Å². The predicted octanol–water partition coefficient (Wildman–Crippen LogP) is 1.23. The molecule has 1 aromatic rings. The molecule has 3 saturated heterocycles. The largest absolute Gasteiger partial charge is 0.379 e. The molecule has 0 saturated carbocycles. The Labute approximate surface area is 147 Å². The van der Waals surface area contributed by atoms with Crippen LogP contribution in [-0.4, -0.2) is 85.6 Å². The minimum Gasteiger partial charge on any atom is -0.379 e. The lowest BCUT2D eigenvalue weighted by atomic mass is 10.00. The Hall–Kier alpha value is -0.570. The lowest BCUT2D eigenvalue weighted by Crippen LogP contribution is -2.46. The van der Waals surface area contributed by atoms with Crippen molar-refractivity contribution in [1.29, 1.82) is 0 Å². The fourth-order valence-corrected chi connectivity index (χ4v) is 4.62. The summed E-state index contributed by atoms with van der Waals surface area (Å²) in [6, 6.07) is 0. The standard InChI is InChI=1S/C17H27N3O3S/c1-2-17(23-15(1)11-19-4-7-21-8-5-19)13-20(6-9-22-14-17)12-16-18-3-10-24-16/h3,10,15H,1-2,4-9,11-14H2/t15-,17-/m0/s1. The van der Waals surface area contributed by atoms with Crippen molar-refractivity contribution in [2.45, 2.75) is 31.1 Å². The van der Waals surface area contributed by atoms with E-state index in [1.807, 2.05) is 11.6 Å². The molecule has 0 aliphatic carbocycles. The maximum absolute atomic E-state index is 6.56. The summed E-state index contributed by atoms with van der Waals surface area (Å²) in [6.07, 6.45) is 4.43. The lowest BCUT2D eigenvalue weighted by molar-refractivity contribution is -0.0967. The highest BCUT2D eigenvalue weighted by molar-refractivity contribution is 7.09. The monoisotopic (exact) mass is 353 g/mol. The van der Waals surface area contributed by atoms with E-state index in [-0.39, 0.29) is 5.60 Å². The summed E-state index contributed by atoms with van der Waals surface area (Å²) in [7, 11) is 0. The van der Waals surface area contributed by atoms with Crippen molar-refractivity contribution in [3.8, 4) is 0 Å². The molecule has 3 fully saturated rings. The van der Waals surface area contributed by atoms with Gasteiger partial charge in [0.1, 0.15) is 10.6 Å². The molecular weight excluding hydrogens is 326 g/mol. The van der Waals surface area contributed by atoms with Crippen molar-refractivity contribution in [3.63, 3.8) is 0 Å². The molecule has 2 atom stereocenters. The van der Waals surface area contributed by atoms with E-state index in [4.69, 9.17) is 14.2 Å². The fraction of sp³-hybridized carbons (Fsp3) is 0.824. The van der Waals surface area contributed by atoms with Crippen LogP contribution < -0.4 is 0 Å². The number of ether oxygens (including phenoxy) is 3. The second-order valence-corrected chi connectivity index (χ2v) is 8.04. The number of hydrogen-bond donors (Lipinski definition) is 0. The Morgan fingerprint density at radius 1 is 1.17 bits per heavy atom. The van der Waals surface area contributed by atoms with E-state index in [1.165, 1.54) is 5.01 Å². The number of morpholine rings is 1. The van der Waals surface area contributed by atoms with Crippen molar-refractivity contribution < 1.29 is 14.2 Å². The molecule has 6 nitrogen and oxygen atoms in total. The van der Waals surface area contributed by atoms with E-state index in [9.17, 15) is 0 Å². The van der Waals surface area contributed by atoms with Gasteiger partial charge in [-0.05, 0) is 12.8 Å². The van der Waals surface area contributed by atoms with Crippen LogP contribution in [0.25, 0.3) is 0 Å². The van der Waals surface area contributed by atoms with Crippen molar-refractivity contribution in [1.82, 2.24) is 14.8 Å². The van der Waals surface area contributed by atoms with Gasteiger partial charge in [0, 0.05) is 44.3 Å². The van der Waals surface area contributed by atoms with E-state index < -0.39 is 0 Å². The lowest BCUT2D eigenvalue weighted by Gasteiger charge is -2.33. The van der Waals surface area contributed by atoms with Gasteiger partial charge >= 0.3 is 0 Å². The van der Waals surface area contributed by atoms with Gasteiger partial charge in [-0.2, -0.15) is 0 Å². The van der Waals surface area contributed by atoms with Crippen LogP contribution in [0.5, 0.6) is 0 Å². The molecule has 24 heavy (non-hydrogen) atoms. The first-order chi connectivity index (χ1) is 11.8. The second kappa shape index (κ2) is 7.76. The zero-order valence-corrected chi connectivity index (χ0v) is 15.0. The zero-order valence-electron chi connectivity index (χ0n) is 14.2. The summed E-state index contributed by atoms with van der Waals surface area (Å²) in [5.41, 5.74) is -0.134. The van der Waals surface area contributed by atoms with E-state index in [1.54, 1.807) is 11.3 Å². The van der Waals surface area contributed by atoms with Gasteiger partial charge in [-0.3, -0.25) is 9.80 Å². The van der Waals surface area contributed by atoms with Crippen LogP contribution >= 0.6 is 11.3 Å². The summed E-state index contributed by atoms with van der Waals surface area (Å²) in [5.74, 6) is 0. The molecule has 4 heterocycles. The number of rotatable bonds is 4. The minimum absolute atomic E-state index is 0.134. The Bertz CT molecular complexity index is 509. The quantitative estimate of drug-likeness (QED) is 0.811. The normalized spacial score (nSPS) is 33.1. The van der Waals surface area contributed by atoms with Gasteiger partial charge in [0.25, 0.3) is 0 Å². The maximum atomic E-state index is 6.56. The summed E-state index contributed by atoms with van der Waals surface area (Å²) in [6.45, 7) is 9.10. The smallest absolute Gasteiger partial charge is 0.107 e. The number of nitrogens with zero attached hydrogens (tertiary/aromatic N) is 3. The Morgan fingerprint density at radius 3 is 2.83 bits per heavy atom. The van der Waals surface area contributed by atoms with Gasteiger partial charge in [-0.15, -0.1) is 11.3 Å². The topological polar surface area (TPSA) is 47.1 Å². The van der Waals surface area contributed by atoms with Gasteiger partial charge in [-0.1, -0.05) is 0 Å². The van der Waals surface area contributed by atoms with Crippen LogP contribution in [0.4, 0.5) is 0 Å². The summed E-state index contributed by atoms with van der Waals surface area (Å²) < 4.78 is 17.9. The average molecular weight is 353 g/mol. The molecule has 1 aromatic heterocycles. The first-order valence-corrected chi connectivity index (χ1v) is 9.86. The van der Waals surface area contributed by atoms with Crippen LogP contribution in [-0.2, 0) is 20.8 Å². The van der Waals surface area contributed by atoms with Crippen LogP contribution in [0.2, 0.25) is 0 Å². The maximum Gasteiger partial charge on any atom is 0.107 e. The minimum atomic E-state index is -0.134. The molecule has 0 aromatic carbocycles. The van der Waals surface area contributed by atoms with Crippen molar-refractivity contribution in [2.75, 3.05) is 59.2 Å². The second-order valence-electron chi connectivity index (χ2n) is 7.06. The summed E-state index contributed by atoms with van der Waals surface area (Å²) in [4.78, 5) is 9.34.